The molecule has 1 aromatic rings. The summed E-state index contributed by atoms with van der Waals surface area (Å²) in [4.78, 5) is 4.14. The first-order valence-electron chi connectivity index (χ1n) is 5.36. The average molecular weight is 242 g/mol. The molecule has 0 saturated heterocycles. The average Bonchev–Trinajstić information content (AvgIpc) is 2.22. The maximum Gasteiger partial charge on any atom is 0.151 e. The third kappa shape index (κ3) is 2.23. The molecule has 0 aliphatic heterocycles. The number of aromatic nitrogens is 1. The zero-order valence-corrected chi connectivity index (χ0v) is 10.0. The molecule has 1 saturated carbocycles. The number of nitrogens with two attached hydrogens (primary N) is 1. The zero-order valence-electron chi connectivity index (χ0n) is 9.29. The summed E-state index contributed by atoms with van der Waals surface area (Å²) >= 11 is 5.81. The Kier molecular flexibility index (Phi) is 3.21. The number of pyridine rings is 1. The summed E-state index contributed by atoms with van der Waals surface area (Å²) in [6, 6.07) is 3.43. The van der Waals surface area contributed by atoms with Crippen LogP contribution in [0.1, 0.15) is 19.3 Å². The van der Waals surface area contributed by atoms with Gasteiger partial charge in [0.1, 0.15) is 5.15 Å². The number of nitrogen functional groups attached to an aromatic ring is 1. The van der Waals surface area contributed by atoms with E-state index in [1.165, 1.54) is 6.42 Å². The highest BCUT2D eigenvalue weighted by molar-refractivity contribution is 6.29. The van der Waals surface area contributed by atoms with E-state index in [0.29, 0.717) is 16.7 Å². The first-order chi connectivity index (χ1) is 7.65. The standard InChI is InChI=1S/C11H16ClN3O/c1-16-11(5-2-6-11)7-14-10-8(13)3-4-9(12)15-10/h3-4H,2,5-7,13H2,1H3,(H,14,15). The van der Waals surface area contributed by atoms with Crippen LogP contribution in [-0.2, 0) is 4.74 Å². The molecule has 1 aliphatic rings. The van der Waals surface area contributed by atoms with Crippen molar-refractivity contribution in [1.29, 1.82) is 0 Å². The predicted octanol–water partition coefficient (Wildman–Crippen LogP) is 2.30. The van der Waals surface area contributed by atoms with Crippen LogP contribution < -0.4 is 11.1 Å². The van der Waals surface area contributed by atoms with E-state index in [0.717, 1.165) is 19.4 Å². The number of methoxy groups -OCH3 is 1. The van der Waals surface area contributed by atoms with Gasteiger partial charge < -0.3 is 15.8 Å². The molecule has 2 rings (SSSR count). The minimum atomic E-state index is -0.0452. The van der Waals surface area contributed by atoms with Crippen molar-refractivity contribution >= 4 is 23.1 Å². The first kappa shape index (κ1) is 11.5. The van der Waals surface area contributed by atoms with E-state index in [4.69, 9.17) is 22.1 Å². The van der Waals surface area contributed by atoms with Crippen molar-refractivity contribution in [2.45, 2.75) is 24.9 Å². The summed E-state index contributed by atoms with van der Waals surface area (Å²) < 4.78 is 5.50. The SMILES string of the molecule is COC1(CNc2nc(Cl)ccc2N)CCC1. The third-order valence-corrected chi connectivity index (χ3v) is 3.38. The van der Waals surface area contributed by atoms with E-state index in [2.05, 4.69) is 10.3 Å². The lowest BCUT2D eigenvalue weighted by atomic mass is 9.80. The predicted molar refractivity (Wildman–Crippen MR) is 65.7 cm³/mol. The number of hydrogen-bond donors (Lipinski definition) is 2. The number of nitrogens with zero attached hydrogens (tertiary/aromatic N) is 1. The Morgan fingerprint density at radius 1 is 1.56 bits per heavy atom. The Morgan fingerprint density at radius 2 is 2.31 bits per heavy atom. The second-order valence-electron chi connectivity index (χ2n) is 4.17. The van der Waals surface area contributed by atoms with Crippen LogP contribution in [0.4, 0.5) is 11.5 Å². The van der Waals surface area contributed by atoms with E-state index >= 15 is 0 Å². The van der Waals surface area contributed by atoms with Crippen molar-refractivity contribution in [2.24, 2.45) is 0 Å². The monoisotopic (exact) mass is 241 g/mol. The van der Waals surface area contributed by atoms with Gasteiger partial charge in [0.15, 0.2) is 5.82 Å². The van der Waals surface area contributed by atoms with Crippen LogP contribution in [0.15, 0.2) is 12.1 Å². The second-order valence-corrected chi connectivity index (χ2v) is 4.55. The Labute approximate surface area is 100 Å². The molecule has 0 unspecified atom stereocenters. The molecular weight excluding hydrogens is 226 g/mol. The summed E-state index contributed by atoms with van der Waals surface area (Å²) in [6.07, 6.45) is 3.38. The number of rotatable bonds is 4. The number of nitrogens with one attached hydrogen (secondary N) is 1. The van der Waals surface area contributed by atoms with Crippen LogP contribution in [-0.4, -0.2) is 24.2 Å². The lowest BCUT2D eigenvalue weighted by Gasteiger charge is -2.40. The number of halogens is 1. The van der Waals surface area contributed by atoms with Crippen LogP contribution in [0.25, 0.3) is 0 Å². The quantitative estimate of drug-likeness (QED) is 0.795. The zero-order chi connectivity index (χ0) is 11.6. The van der Waals surface area contributed by atoms with Crippen LogP contribution in [0.2, 0.25) is 5.15 Å². The van der Waals surface area contributed by atoms with E-state index in [1.807, 2.05) is 0 Å². The first-order valence-corrected chi connectivity index (χ1v) is 5.74. The molecule has 1 aromatic heterocycles. The summed E-state index contributed by atoms with van der Waals surface area (Å²) in [5.41, 5.74) is 6.36. The van der Waals surface area contributed by atoms with Gasteiger partial charge in [-0.25, -0.2) is 4.98 Å². The molecule has 0 aromatic carbocycles. The third-order valence-electron chi connectivity index (χ3n) is 3.17. The van der Waals surface area contributed by atoms with Gasteiger partial charge in [0.05, 0.1) is 11.3 Å². The van der Waals surface area contributed by atoms with Gasteiger partial charge in [-0.2, -0.15) is 0 Å². The van der Waals surface area contributed by atoms with E-state index in [-0.39, 0.29) is 5.60 Å². The minimum absolute atomic E-state index is 0.0452. The molecular formula is C11H16ClN3O. The topological polar surface area (TPSA) is 60.2 Å². The van der Waals surface area contributed by atoms with Gasteiger partial charge in [0.25, 0.3) is 0 Å². The van der Waals surface area contributed by atoms with Crippen molar-refractivity contribution < 1.29 is 4.74 Å². The van der Waals surface area contributed by atoms with Crippen molar-refractivity contribution in [3.63, 3.8) is 0 Å². The lowest BCUT2D eigenvalue weighted by Crippen LogP contribution is -2.45. The van der Waals surface area contributed by atoms with Crippen molar-refractivity contribution in [1.82, 2.24) is 4.98 Å². The molecule has 0 spiro atoms. The maximum absolute atomic E-state index is 5.81. The van der Waals surface area contributed by atoms with Crippen LogP contribution in [0, 0.1) is 0 Å². The van der Waals surface area contributed by atoms with E-state index in [9.17, 15) is 0 Å². The fourth-order valence-corrected chi connectivity index (χ4v) is 2.00. The summed E-state index contributed by atoms with van der Waals surface area (Å²) in [6.45, 7) is 0.723. The molecule has 3 N–H and O–H groups in total. The molecule has 5 heteroatoms. The Balaban J connectivity index is 2.01. The summed E-state index contributed by atoms with van der Waals surface area (Å²) in [5.74, 6) is 0.635. The number of hydrogen-bond acceptors (Lipinski definition) is 4. The molecule has 4 nitrogen and oxygen atoms in total. The number of anilines is 2. The molecule has 16 heavy (non-hydrogen) atoms. The fraction of sp³-hybridized carbons (Fsp3) is 0.545. The van der Waals surface area contributed by atoms with E-state index in [1.54, 1.807) is 19.2 Å². The van der Waals surface area contributed by atoms with Crippen molar-refractivity contribution in [3.8, 4) is 0 Å². The minimum Gasteiger partial charge on any atom is -0.396 e. The van der Waals surface area contributed by atoms with Gasteiger partial charge in [-0.15, -0.1) is 0 Å². The van der Waals surface area contributed by atoms with Gasteiger partial charge >= 0.3 is 0 Å². The smallest absolute Gasteiger partial charge is 0.151 e. The van der Waals surface area contributed by atoms with Crippen LogP contribution >= 0.6 is 11.6 Å². The highest BCUT2D eigenvalue weighted by atomic mass is 35.5. The van der Waals surface area contributed by atoms with Crippen molar-refractivity contribution in [3.05, 3.63) is 17.3 Å². The Bertz CT molecular complexity index is 374. The van der Waals surface area contributed by atoms with Gasteiger partial charge in [-0.05, 0) is 31.4 Å². The molecule has 1 fully saturated rings. The van der Waals surface area contributed by atoms with Crippen LogP contribution in [0.5, 0.6) is 0 Å². The van der Waals surface area contributed by atoms with Gasteiger partial charge in [0.2, 0.25) is 0 Å². The van der Waals surface area contributed by atoms with Crippen LogP contribution in [0.3, 0.4) is 0 Å². The fourth-order valence-electron chi connectivity index (χ4n) is 1.86. The highest BCUT2D eigenvalue weighted by Crippen LogP contribution is 2.35. The Morgan fingerprint density at radius 3 is 2.88 bits per heavy atom. The number of ether oxygens (including phenoxy) is 1. The summed E-state index contributed by atoms with van der Waals surface area (Å²) in [5, 5.41) is 3.64. The Hall–Kier alpha value is -1.00. The maximum atomic E-state index is 5.81. The normalized spacial score (nSPS) is 17.9. The van der Waals surface area contributed by atoms with Gasteiger partial charge in [-0.3, -0.25) is 0 Å². The summed E-state index contributed by atoms with van der Waals surface area (Å²) in [7, 11) is 1.75. The molecule has 0 radical (unpaired) electrons. The van der Waals surface area contributed by atoms with Gasteiger partial charge in [-0.1, -0.05) is 11.6 Å². The molecule has 88 valence electrons. The largest absolute Gasteiger partial charge is 0.396 e. The molecule has 0 atom stereocenters. The van der Waals surface area contributed by atoms with Crippen molar-refractivity contribution in [2.75, 3.05) is 24.7 Å². The second kappa shape index (κ2) is 4.47. The van der Waals surface area contributed by atoms with Gasteiger partial charge in [0, 0.05) is 13.7 Å². The molecule has 1 heterocycles. The molecule has 0 bridgehead atoms. The molecule has 0 amide bonds. The lowest BCUT2D eigenvalue weighted by molar-refractivity contribution is -0.0601. The van der Waals surface area contributed by atoms with E-state index < -0.39 is 0 Å². The highest BCUT2D eigenvalue weighted by Gasteiger charge is 2.36. The molecule has 1 aliphatic carbocycles.